The van der Waals surface area contributed by atoms with Crippen molar-refractivity contribution in [2.45, 2.75) is 19.4 Å². The number of hydrogen-bond acceptors (Lipinski definition) is 3. The molecule has 0 bridgehead atoms. The topological polar surface area (TPSA) is 48.7 Å². The Morgan fingerprint density at radius 3 is 2.40 bits per heavy atom. The normalized spacial score (nSPS) is 17.6. The number of carbonyl (C=O) groups excluding carboxylic acids is 1. The number of amides is 1. The number of carbonyl (C=O) groups is 1. The summed E-state index contributed by atoms with van der Waals surface area (Å²) >= 11 is 3.39. The zero-order valence-electron chi connectivity index (χ0n) is 12.3. The lowest BCUT2D eigenvalue weighted by Crippen LogP contribution is -2.52. The van der Waals surface area contributed by atoms with Crippen molar-refractivity contribution in [2.75, 3.05) is 32.7 Å². The van der Waals surface area contributed by atoms with Gasteiger partial charge in [0.15, 0.2) is 0 Å². The summed E-state index contributed by atoms with van der Waals surface area (Å²) in [6, 6.07) is 1.85. The molecule has 0 atom stereocenters. The van der Waals surface area contributed by atoms with Gasteiger partial charge in [0, 0.05) is 50.4 Å². The van der Waals surface area contributed by atoms with E-state index in [0.717, 1.165) is 17.6 Å². The van der Waals surface area contributed by atoms with Gasteiger partial charge in [0.1, 0.15) is 5.69 Å². The van der Waals surface area contributed by atoms with Crippen LogP contribution >= 0.6 is 15.9 Å². The minimum Gasteiger partial charge on any atom is -0.389 e. The highest BCUT2D eigenvalue weighted by Gasteiger charge is 2.26. The third-order valence-corrected chi connectivity index (χ3v) is 3.89. The Kier molecular flexibility index (Phi) is 4.56. The van der Waals surface area contributed by atoms with Gasteiger partial charge in [-0.1, -0.05) is 0 Å². The monoisotopic (exact) mass is 343 g/mol. The highest BCUT2D eigenvalue weighted by molar-refractivity contribution is 9.10. The molecule has 1 aromatic rings. The van der Waals surface area contributed by atoms with Crippen LogP contribution < -0.4 is 0 Å². The van der Waals surface area contributed by atoms with E-state index in [9.17, 15) is 9.90 Å². The lowest BCUT2D eigenvalue weighted by atomic mass is 10.1. The van der Waals surface area contributed by atoms with E-state index >= 15 is 0 Å². The molecule has 1 aliphatic rings. The van der Waals surface area contributed by atoms with Crippen LogP contribution in [0.1, 0.15) is 24.3 Å². The van der Waals surface area contributed by atoms with E-state index in [1.54, 1.807) is 0 Å². The third-order valence-electron chi connectivity index (χ3n) is 3.46. The number of nitrogens with zero attached hydrogens (tertiary/aromatic N) is 3. The maximum atomic E-state index is 12.4. The first kappa shape index (κ1) is 15.5. The summed E-state index contributed by atoms with van der Waals surface area (Å²) in [6.45, 7) is 7.29. The maximum Gasteiger partial charge on any atom is 0.270 e. The van der Waals surface area contributed by atoms with Crippen LogP contribution in [-0.2, 0) is 7.05 Å². The zero-order chi connectivity index (χ0) is 14.9. The van der Waals surface area contributed by atoms with E-state index in [-0.39, 0.29) is 5.91 Å². The van der Waals surface area contributed by atoms with Crippen LogP contribution in [-0.4, -0.2) is 63.7 Å². The van der Waals surface area contributed by atoms with Crippen molar-refractivity contribution in [1.82, 2.24) is 14.4 Å². The quantitative estimate of drug-likeness (QED) is 0.900. The van der Waals surface area contributed by atoms with Crippen molar-refractivity contribution in [3.63, 3.8) is 0 Å². The molecule has 1 aromatic heterocycles. The molecule has 0 unspecified atom stereocenters. The average molecular weight is 344 g/mol. The third kappa shape index (κ3) is 3.84. The molecule has 6 heteroatoms. The molecule has 1 N–H and O–H groups in total. The predicted molar refractivity (Wildman–Crippen MR) is 81.8 cm³/mol. The molecule has 5 nitrogen and oxygen atoms in total. The number of halogens is 1. The molecular weight excluding hydrogens is 322 g/mol. The second-order valence-electron chi connectivity index (χ2n) is 6.04. The lowest BCUT2D eigenvalue weighted by Gasteiger charge is -2.37. The molecule has 1 amide bonds. The molecule has 2 heterocycles. The van der Waals surface area contributed by atoms with Gasteiger partial charge in [-0.25, -0.2) is 0 Å². The van der Waals surface area contributed by atoms with Crippen LogP contribution in [0.3, 0.4) is 0 Å². The minimum atomic E-state index is -0.685. The Bertz CT molecular complexity index is 485. The standard InChI is InChI=1S/C14H22BrN3O2/c1-14(2,20)10-17-4-6-18(7-5-17)13(19)12-8-11(15)9-16(12)3/h8-9,20H,4-7,10H2,1-3H3. The number of β-amino-alcohol motifs (C(OH)–C–C–N with tert-alkyl or cyclic N) is 1. The van der Waals surface area contributed by atoms with E-state index in [1.807, 2.05) is 42.6 Å². The van der Waals surface area contributed by atoms with Gasteiger partial charge in [-0.3, -0.25) is 9.69 Å². The van der Waals surface area contributed by atoms with Crippen molar-refractivity contribution in [3.8, 4) is 0 Å². The smallest absolute Gasteiger partial charge is 0.270 e. The molecule has 20 heavy (non-hydrogen) atoms. The van der Waals surface area contributed by atoms with Crippen LogP contribution in [0, 0.1) is 0 Å². The first-order valence-electron chi connectivity index (χ1n) is 6.82. The Morgan fingerprint density at radius 2 is 1.95 bits per heavy atom. The number of rotatable bonds is 3. The highest BCUT2D eigenvalue weighted by atomic mass is 79.9. The van der Waals surface area contributed by atoms with Crippen LogP contribution in [0.25, 0.3) is 0 Å². The summed E-state index contributed by atoms with van der Waals surface area (Å²) in [7, 11) is 1.88. The van der Waals surface area contributed by atoms with Crippen molar-refractivity contribution >= 4 is 21.8 Å². The first-order valence-corrected chi connectivity index (χ1v) is 7.61. The number of hydrogen-bond donors (Lipinski definition) is 1. The van der Waals surface area contributed by atoms with Crippen molar-refractivity contribution in [3.05, 3.63) is 22.4 Å². The molecule has 1 aliphatic heterocycles. The molecule has 0 spiro atoms. The fraction of sp³-hybridized carbons (Fsp3) is 0.643. The van der Waals surface area contributed by atoms with Gasteiger partial charge in [-0.15, -0.1) is 0 Å². The van der Waals surface area contributed by atoms with Crippen LogP contribution in [0.5, 0.6) is 0 Å². The largest absolute Gasteiger partial charge is 0.389 e. The van der Waals surface area contributed by atoms with Crippen LogP contribution in [0.4, 0.5) is 0 Å². The second-order valence-corrected chi connectivity index (χ2v) is 6.95. The molecular formula is C14H22BrN3O2. The minimum absolute atomic E-state index is 0.0705. The molecule has 0 aromatic carbocycles. The number of piperazine rings is 1. The highest BCUT2D eigenvalue weighted by Crippen LogP contribution is 2.17. The van der Waals surface area contributed by atoms with E-state index in [2.05, 4.69) is 20.8 Å². The van der Waals surface area contributed by atoms with E-state index in [4.69, 9.17) is 0 Å². The maximum absolute atomic E-state index is 12.4. The van der Waals surface area contributed by atoms with Crippen molar-refractivity contribution < 1.29 is 9.90 Å². The van der Waals surface area contributed by atoms with Gasteiger partial charge in [0.05, 0.1) is 5.60 Å². The first-order chi connectivity index (χ1) is 9.26. The van der Waals surface area contributed by atoms with Gasteiger partial charge in [-0.2, -0.15) is 0 Å². The number of aromatic nitrogens is 1. The van der Waals surface area contributed by atoms with Gasteiger partial charge in [0.2, 0.25) is 0 Å². The van der Waals surface area contributed by atoms with Gasteiger partial charge >= 0.3 is 0 Å². The predicted octanol–water partition coefficient (Wildman–Crippen LogP) is 1.32. The molecule has 0 radical (unpaired) electrons. The van der Waals surface area contributed by atoms with Gasteiger partial charge < -0.3 is 14.6 Å². The number of aryl methyl sites for hydroxylation is 1. The molecule has 112 valence electrons. The Balaban J connectivity index is 1.94. The van der Waals surface area contributed by atoms with Crippen LogP contribution in [0.15, 0.2) is 16.7 Å². The Labute approximate surface area is 128 Å². The Hall–Kier alpha value is -0.850. The molecule has 0 saturated carbocycles. The summed E-state index contributed by atoms with van der Waals surface area (Å²) in [4.78, 5) is 16.5. The summed E-state index contributed by atoms with van der Waals surface area (Å²) in [5.74, 6) is 0.0705. The molecule has 2 rings (SSSR count). The fourth-order valence-electron chi connectivity index (χ4n) is 2.56. The molecule has 0 aliphatic carbocycles. The molecule has 1 saturated heterocycles. The second kappa shape index (κ2) is 5.87. The van der Waals surface area contributed by atoms with E-state index in [1.165, 1.54) is 0 Å². The van der Waals surface area contributed by atoms with E-state index in [0.29, 0.717) is 25.3 Å². The molecule has 1 fully saturated rings. The average Bonchev–Trinajstić information content (AvgIpc) is 2.66. The SMILES string of the molecule is Cn1cc(Br)cc1C(=O)N1CCN(CC(C)(C)O)CC1. The van der Waals surface area contributed by atoms with Crippen molar-refractivity contribution in [2.24, 2.45) is 7.05 Å². The lowest BCUT2D eigenvalue weighted by molar-refractivity contribution is 0.0176. The summed E-state index contributed by atoms with van der Waals surface area (Å²) in [5, 5.41) is 9.83. The van der Waals surface area contributed by atoms with Gasteiger partial charge in [0.25, 0.3) is 5.91 Å². The Morgan fingerprint density at radius 1 is 1.35 bits per heavy atom. The number of aliphatic hydroxyl groups is 1. The zero-order valence-corrected chi connectivity index (χ0v) is 13.9. The van der Waals surface area contributed by atoms with Crippen molar-refractivity contribution in [1.29, 1.82) is 0 Å². The fourth-order valence-corrected chi connectivity index (χ4v) is 3.08. The summed E-state index contributed by atoms with van der Waals surface area (Å²) in [6.07, 6.45) is 1.89. The summed E-state index contributed by atoms with van der Waals surface area (Å²) < 4.78 is 2.76. The van der Waals surface area contributed by atoms with Crippen LogP contribution in [0.2, 0.25) is 0 Å². The van der Waals surface area contributed by atoms with E-state index < -0.39 is 5.60 Å². The van der Waals surface area contributed by atoms with Gasteiger partial charge in [-0.05, 0) is 35.8 Å². The summed E-state index contributed by atoms with van der Waals surface area (Å²) in [5.41, 5.74) is 0.0163.